The van der Waals surface area contributed by atoms with Crippen LogP contribution < -0.4 is 10.9 Å². The van der Waals surface area contributed by atoms with Gasteiger partial charge in [0.05, 0.1) is 12.7 Å². The zero-order chi connectivity index (χ0) is 16.4. The second kappa shape index (κ2) is 6.35. The van der Waals surface area contributed by atoms with Crippen molar-refractivity contribution in [2.24, 2.45) is 0 Å². The first-order chi connectivity index (χ1) is 11.0. The summed E-state index contributed by atoms with van der Waals surface area (Å²) in [5, 5.41) is 6.88. The minimum atomic E-state index is -0.280. The van der Waals surface area contributed by atoms with Crippen LogP contribution in [0.2, 0.25) is 0 Å². The number of fused-ring (bicyclic) bond motifs is 1. The van der Waals surface area contributed by atoms with E-state index in [1.54, 1.807) is 17.4 Å². The molecule has 120 valence electrons. The van der Waals surface area contributed by atoms with Crippen LogP contribution in [0.4, 0.5) is 0 Å². The van der Waals surface area contributed by atoms with Gasteiger partial charge in [-0.1, -0.05) is 0 Å². The van der Waals surface area contributed by atoms with Gasteiger partial charge in [-0.2, -0.15) is 5.10 Å². The van der Waals surface area contributed by atoms with Crippen LogP contribution in [0.15, 0.2) is 35.4 Å². The summed E-state index contributed by atoms with van der Waals surface area (Å²) < 4.78 is 1.35. The van der Waals surface area contributed by atoms with Gasteiger partial charge in [0.15, 0.2) is 0 Å². The highest BCUT2D eigenvalue weighted by Gasteiger charge is 2.13. The van der Waals surface area contributed by atoms with Crippen LogP contribution in [0.25, 0.3) is 5.52 Å². The number of thiophene rings is 1. The van der Waals surface area contributed by atoms with Crippen molar-refractivity contribution in [1.29, 1.82) is 0 Å². The predicted octanol–water partition coefficient (Wildman–Crippen LogP) is 1.08. The highest BCUT2D eigenvalue weighted by atomic mass is 32.1. The van der Waals surface area contributed by atoms with E-state index in [0.717, 1.165) is 11.4 Å². The molecular formula is C15H17N5O2S. The Morgan fingerprint density at radius 3 is 2.91 bits per heavy atom. The number of hydrogen-bond acceptors (Lipinski definition) is 5. The molecule has 0 atom stereocenters. The molecule has 0 saturated carbocycles. The summed E-state index contributed by atoms with van der Waals surface area (Å²) in [6.07, 6.45) is 2.87. The van der Waals surface area contributed by atoms with Crippen molar-refractivity contribution in [3.63, 3.8) is 0 Å². The topological polar surface area (TPSA) is 82.5 Å². The molecule has 2 N–H and O–H groups in total. The molecule has 3 heterocycles. The lowest BCUT2D eigenvalue weighted by Crippen LogP contribution is -2.27. The third kappa shape index (κ3) is 3.33. The highest BCUT2D eigenvalue weighted by Crippen LogP contribution is 2.17. The van der Waals surface area contributed by atoms with Crippen molar-refractivity contribution in [3.05, 3.63) is 56.4 Å². The molecule has 0 aliphatic carbocycles. The summed E-state index contributed by atoms with van der Waals surface area (Å²) in [6, 6.07) is 5.65. The second-order valence-corrected chi connectivity index (χ2v) is 6.67. The van der Waals surface area contributed by atoms with Gasteiger partial charge in [0, 0.05) is 22.5 Å². The van der Waals surface area contributed by atoms with E-state index < -0.39 is 0 Å². The van der Waals surface area contributed by atoms with Gasteiger partial charge in [-0.15, -0.1) is 11.3 Å². The maximum absolute atomic E-state index is 12.3. The van der Waals surface area contributed by atoms with Gasteiger partial charge in [0.2, 0.25) is 0 Å². The lowest BCUT2D eigenvalue weighted by molar-refractivity contribution is 0.0943. The first kappa shape index (κ1) is 15.4. The maximum Gasteiger partial charge on any atom is 0.274 e. The quantitative estimate of drug-likeness (QED) is 0.733. The first-order valence-corrected chi connectivity index (χ1v) is 7.92. The lowest BCUT2D eigenvalue weighted by atomic mass is 10.3. The number of aromatic amines is 1. The molecule has 8 heteroatoms. The standard InChI is InChI=1S/C15H17N5O2S/c1-19(2)9-11-4-3-10(23-11)7-16-15(22)13-8-17-14(21)12-5-6-18-20(12)13/h3-6,8H,7,9H2,1-2H3,(H,16,22)(H,17,21). The monoisotopic (exact) mass is 331 g/mol. The summed E-state index contributed by atoms with van der Waals surface area (Å²) >= 11 is 1.67. The van der Waals surface area contributed by atoms with E-state index in [1.807, 2.05) is 20.2 Å². The number of hydrogen-bond donors (Lipinski definition) is 2. The second-order valence-electron chi connectivity index (χ2n) is 5.42. The van der Waals surface area contributed by atoms with Crippen molar-refractivity contribution in [2.45, 2.75) is 13.1 Å². The van der Waals surface area contributed by atoms with Crippen molar-refractivity contribution in [1.82, 2.24) is 24.8 Å². The van der Waals surface area contributed by atoms with Gasteiger partial charge in [-0.25, -0.2) is 4.52 Å². The molecule has 3 rings (SSSR count). The van der Waals surface area contributed by atoms with E-state index in [2.05, 4.69) is 26.4 Å². The Kier molecular flexibility index (Phi) is 4.26. The number of nitrogens with zero attached hydrogens (tertiary/aromatic N) is 3. The molecule has 0 aliphatic heterocycles. The van der Waals surface area contributed by atoms with Gasteiger partial charge < -0.3 is 15.2 Å². The summed E-state index contributed by atoms with van der Waals surface area (Å²) in [5.74, 6) is -0.280. The molecule has 3 aromatic rings. The highest BCUT2D eigenvalue weighted by molar-refractivity contribution is 7.11. The Bertz CT molecular complexity index is 893. The number of carbonyl (C=O) groups is 1. The Hall–Kier alpha value is -2.45. The van der Waals surface area contributed by atoms with Crippen molar-refractivity contribution in [2.75, 3.05) is 14.1 Å². The van der Waals surface area contributed by atoms with Crippen LogP contribution in [0.1, 0.15) is 20.2 Å². The number of amides is 1. The van der Waals surface area contributed by atoms with E-state index in [1.165, 1.54) is 21.8 Å². The number of H-pyrrole nitrogens is 1. The smallest absolute Gasteiger partial charge is 0.274 e. The molecule has 0 fully saturated rings. The molecule has 3 aromatic heterocycles. The largest absolute Gasteiger partial charge is 0.346 e. The summed E-state index contributed by atoms with van der Waals surface area (Å²) in [7, 11) is 4.04. The third-order valence-electron chi connectivity index (χ3n) is 3.29. The fraction of sp³-hybridized carbons (Fsp3) is 0.267. The number of carbonyl (C=O) groups excluding carboxylic acids is 1. The Morgan fingerprint density at radius 2 is 2.13 bits per heavy atom. The van der Waals surface area contributed by atoms with E-state index >= 15 is 0 Å². The lowest BCUT2D eigenvalue weighted by Gasteiger charge is -2.07. The normalized spacial score (nSPS) is 11.3. The predicted molar refractivity (Wildman–Crippen MR) is 88.7 cm³/mol. The minimum Gasteiger partial charge on any atom is -0.346 e. The Morgan fingerprint density at radius 1 is 1.35 bits per heavy atom. The molecule has 0 bridgehead atoms. The SMILES string of the molecule is CN(C)Cc1ccc(CNC(=O)c2c[nH]c(=O)c3ccnn23)s1. The first-order valence-electron chi connectivity index (χ1n) is 7.10. The van der Waals surface area contributed by atoms with Crippen molar-refractivity contribution < 1.29 is 4.79 Å². The molecule has 1 amide bonds. The summed E-state index contributed by atoms with van der Waals surface area (Å²) in [5.41, 5.74) is 0.377. The Balaban J connectivity index is 1.71. The van der Waals surface area contributed by atoms with Gasteiger partial charge in [0.1, 0.15) is 11.2 Å². The van der Waals surface area contributed by atoms with Crippen LogP contribution in [0.5, 0.6) is 0 Å². The van der Waals surface area contributed by atoms with Gasteiger partial charge in [0.25, 0.3) is 11.5 Å². The zero-order valence-corrected chi connectivity index (χ0v) is 13.7. The van der Waals surface area contributed by atoms with Gasteiger partial charge in [-0.3, -0.25) is 9.59 Å². The van der Waals surface area contributed by atoms with Crippen LogP contribution in [-0.2, 0) is 13.1 Å². The maximum atomic E-state index is 12.3. The fourth-order valence-electron chi connectivity index (χ4n) is 2.27. The molecular weight excluding hydrogens is 314 g/mol. The molecule has 0 spiro atoms. The van der Waals surface area contributed by atoms with E-state index in [4.69, 9.17) is 0 Å². The minimum absolute atomic E-state index is 0.273. The van der Waals surface area contributed by atoms with Gasteiger partial charge in [-0.05, 0) is 32.3 Å². The van der Waals surface area contributed by atoms with Crippen LogP contribution in [0.3, 0.4) is 0 Å². The number of nitrogens with one attached hydrogen (secondary N) is 2. The molecule has 0 aliphatic rings. The third-order valence-corrected chi connectivity index (χ3v) is 4.36. The van der Waals surface area contributed by atoms with E-state index in [9.17, 15) is 9.59 Å². The number of aromatic nitrogens is 3. The molecule has 23 heavy (non-hydrogen) atoms. The number of rotatable bonds is 5. The van der Waals surface area contributed by atoms with Crippen LogP contribution >= 0.6 is 11.3 Å². The zero-order valence-electron chi connectivity index (χ0n) is 12.9. The van der Waals surface area contributed by atoms with Gasteiger partial charge >= 0.3 is 0 Å². The molecule has 7 nitrogen and oxygen atoms in total. The molecule has 0 unspecified atom stereocenters. The average Bonchev–Trinajstić information content (AvgIpc) is 3.14. The van der Waals surface area contributed by atoms with Crippen molar-refractivity contribution in [3.8, 4) is 0 Å². The Labute approximate surface area is 136 Å². The van der Waals surface area contributed by atoms with Crippen LogP contribution in [-0.4, -0.2) is 39.5 Å². The summed E-state index contributed by atoms with van der Waals surface area (Å²) in [4.78, 5) is 30.9. The van der Waals surface area contributed by atoms with E-state index in [-0.39, 0.29) is 11.5 Å². The molecule has 0 radical (unpaired) electrons. The fourth-order valence-corrected chi connectivity index (χ4v) is 3.35. The molecule has 0 saturated heterocycles. The molecule has 0 aromatic carbocycles. The van der Waals surface area contributed by atoms with Crippen molar-refractivity contribution >= 4 is 22.8 Å². The average molecular weight is 331 g/mol. The van der Waals surface area contributed by atoms with E-state index in [0.29, 0.717) is 17.8 Å². The van der Waals surface area contributed by atoms with Crippen LogP contribution in [0, 0.1) is 0 Å². The summed E-state index contributed by atoms with van der Waals surface area (Å²) in [6.45, 7) is 1.32.